The van der Waals surface area contributed by atoms with Gasteiger partial charge in [-0.25, -0.2) is 0 Å². The Bertz CT molecular complexity index is 1380. The Kier molecular flexibility index (Phi) is 10.5. The number of halogens is 1. The van der Waals surface area contributed by atoms with E-state index in [0.717, 1.165) is 18.4 Å². The lowest BCUT2D eigenvalue weighted by Crippen LogP contribution is -2.27. The van der Waals surface area contributed by atoms with E-state index in [1.54, 1.807) is 43.5 Å². The van der Waals surface area contributed by atoms with E-state index < -0.39 is 0 Å². The minimum Gasteiger partial charge on any atom is -0.452 e. The summed E-state index contributed by atoms with van der Waals surface area (Å²) in [5.74, 6) is 5.26. The highest BCUT2D eigenvalue weighted by Gasteiger charge is 2.10. The second-order valence-electron chi connectivity index (χ2n) is 8.71. The molecule has 0 radical (unpaired) electrons. The van der Waals surface area contributed by atoms with Crippen LogP contribution in [0.4, 0.5) is 0 Å². The summed E-state index contributed by atoms with van der Waals surface area (Å²) in [6, 6.07) is 12.3. The SMILES string of the molecule is CC(=O)CCCCCC(=O)OCC#Cc1ccc2[nH]cc(CC(=O)NCc3ccc(Cl)cc3)c(=O)c2c1. The van der Waals surface area contributed by atoms with Gasteiger partial charge in [-0.15, -0.1) is 0 Å². The highest BCUT2D eigenvalue weighted by Crippen LogP contribution is 2.12. The molecule has 192 valence electrons. The number of hydrogen-bond acceptors (Lipinski definition) is 5. The molecule has 0 atom stereocenters. The number of rotatable bonds is 11. The summed E-state index contributed by atoms with van der Waals surface area (Å²) in [6.07, 6.45) is 4.58. The summed E-state index contributed by atoms with van der Waals surface area (Å²) in [5, 5.41) is 3.86. The number of Topliss-reactive ketones (excluding diaryl/α,β-unsaturated/α-hetero) is 1. The number of hydrogen-bond donors (Lipinski definition) is 2. The number of unbranched alkanes of at least 4 members (excludes halogenated alkanes) is 2. The lowest BCUT2D eigenvalue weighted by atomic mass is 10.1. The first-order valence-corrected chi connectivity index (χ1v) is 12.5. The van der Waals surface area contributed by atoms with Crippen LogP contribution in [0.1, 0.15) is 55.7 Å². The van der Waals surface area contributed by atoms with Crippen molar-refractivity contribution in [3.05, 3.63) is 80.6 Å². The van der Waals surface area contributed by atoms with Crippen molar-refractivity contribution < 1.29 is 19.1 Å². The van der Waals surface area contributed by atoms with E-state index >= 15 is 0 Å². The van der Waals surface area contributed by atoms with Crippen molar-refractivity contribution in [1.82, 2.24) is 10.3 Å². The fourth-order valence-electron chi connectivity index (χ4n) is 3.66. The quantitative estimate of drug-likeness (QED) is 0.220. The molecule has 0 aliphatic carbocycles. The van der Waals surface area contributed by atoms with E-state index in [9.17, 15) is 19.2 Å². The Morgan fingerprint density at radius 2 is 1.78 bits per heavy atom. The number of benzene rings is 2. The van der Waals surface area contributed by atoms with Crippen LogP contribution in [0.3, 0.4) is 0 Å². The monoisotopic (exact) mass is 520 g/mol. The molecule has 0 fully saturated rings. The third kappa shape index (κ3) is 9.25. The zero-order valence-corrected chi connectivity index (χ0v) is 21.5. The highest BCUT2D eigenvalue weighted by molar-refractivity contribution is 6.30. The molecule has 7 nitrogen and oxygen atoms in total. The molecule has 3 rings (SSSR count). The maximum Gasteiger partial charge on any atom is 0.306 e. The highest BCUT2D eigenvalue weighted by atomic mass is 35.5. The molecule has 2 N–H and O–H groups in total. The maximum atomic E-state index is 13.0. The van der Waals surface area contributed by atoms with Gasteiger partial charge in [0.15, 0.2) is 12.0 Å². The molecular formula is C29H29ClN2O5. The predicted molar refractivity (Wildman–Crippen MR) is 143 cm³/mol. The van der Waals surface area contributed by atoms with E-state index in [1.807, 2.05) is 12.1 Å². The number of fused-ring (bicyclic) bond motifs is 1. The van der Waals surface area contributed by atoms with Gasteiger partial charge in [0.2, 0.25) is 5.91 Å². The number of esters is 1. The number of ketones is 1. The van der Waals surface area contributed by atoms with Crippen LogP contribution in [0.15, 0.2) is 53.5 Å². The second-order valence-corrected chi connectivity index (χ2v) is 9.14. The minimum atomic E-state index is -0.328. The molecule has 0 unspecified atom stereocenters. The van der Waals surface area contributed by atoms with Crippen molar-refractivity contribution in [3.8, 4) is 11.8 Å². The number of carbonyl (C=O) groups excluding carboxylic acids is 3. The van der Waals surface area contributed by atoms with Crippen LogP contribution in [0.2, 0.25) is 5.02 Å². The Labute approximate surface area is 220 Å². The molecular weight excluding hydrogens is 492 g/mol. The first-order valence-electron chi connectivity index (χ1n) is 12.1. The average Bonchev–Trinajstić information content (AvgIpc) is 2.88. The number of ether oxygens (including phenoxy) is 1. The van der Waals surface area contributed by atoms with E-state index in [0.29, 0.717) is 52.9 Å². The molecule has 0 aliphatic rings. The molecule has 3 aromatic rings. The summed E-state index contributed by atoms with van der Waals surface area (Å²) in [4.78, 5) is 51.1. The molecule has 1 heterocycles. The van der Waals surface area contributed by atoms with Crippen molar-refractivity contribution >= 4 is 40.2 Å². The van der Waals surface area contributed by atoms with Gasteiger partial charge >= 0.3 is 5.97 Å². The van der Waals surface area contributed by atoms with Gasteiger partial charge in [0.1, 0.15) is 5.78 Å². The first-order chi connectivity index (χ1) is 17.8. The minimum absolute atomic E-state index is 0.0471. The molecule has 8 heteroatoms. The Morgan fingerprint density at radius 3 is 2.54 bits per heavy atom. The van der Waals surface area contributed by atoms with E-state index in [1.165, 1.54) is 0 Å². The molecule has 0 bridgehead atoms. The number of pyridine rings is 1. The van der Waals surface area contributed by atoms with E-state index in [4.69, 9.17) is 16.3 Å². The molecule has 37 heavy (non-hydrogen) atoms. The molecule has 0 saturated heterocycles. The smallest absolute Gasteiger partial charge is 0.306 e. The summed E-state index contributed by atoms with van der Waals surface area (Å²) < 4.78 is 5.13. The van der Waals surface area contributed by atoms with Crippen molar-refractivity contribution in [2.75, 3.05) is 6.61 Å². The summed E-state index contributed by atoms with van der Waals surface area (Å²) in [5.41, 5.74) is 2.25. The third-order valence-electron chi connectivity index (χ3n) is 5.66. The van der Waals surface area contributed by atoms with Gasteiger partial charge in [0, 0.05) is 52.6 Å². The van der Waals surface area contributed by atoms with Gasteiger partial charge in [-0.05, 0) is 55.7 Å². The fourth-order valence-corrected chi connectivity index (χ4v) is 3.78. The van der Waals surface area contributed by atoms with Gasteiger partial charge in [-0.3, -0.25) is 14.4 Å². The van der Waals surface area contributed by atoms with Crippen LogP contribution in [-0.4, -0.2) is 29.3 Å². The molecule has 0 saturated carbocycles. The lowest BCUT2D eigenvalue weighted by Gasteiger charge is -2.07. The standard InChI is InChI=1S/C29H29ClN2O5/c1-20(33)6-3-2-4-8-28(35)37-15-5-7-21-11-14-26-25(16-21)29(36)23(19-31-26)17-27(34)32-18-22-9-12-24(30)13-10-22/h9-14,16,19H,2-4,6,8,15,17-18H2,1H3,(H,31,36)(H,32,34). The van der Waals surface area contributed by atoms with Crippen LogP contribution >= 0.6 is 11.6 Å². The van der Waals surface area contributed by atoms with E-state index in [-0.39, 0.29) is 36.1 Å². The number of amides is 1. The largest absolute Gasteiger partial charge is 0.452 e. The summed E-state index contributed by atoms with van der Waals surface area (Å²) >= 11 is 5.88. The van der Waals surface area contributed by atoms with Crippen molar-refractivity contribution in [2.45, 2.75) is 52.0 Å². The maximum absolute atomic E-state index is 13.0. The Hall–Kier alpha value is -3.89. The zero-order valence-electron chi connectivity index (χ0n) is 20.7. The average molecular weight is 521 g/mol. The second kappa shape index (κ2) is 14.0. The van der Waals surface area contributed by atoms with Gasteiger partial charge in [0.25, 0.3) is 0 Å². The van der Waals surface area contributed by atoms with Crippen molar-refractivity contribution in [2.24, 2.45) is 0 Å². The number of aromatic amines is 1. The van der Waals surface area contributed by atoms with Gasteiger partial charge in [0.05, 0.1) is 6.42 Å². The molecule has 0 spiro atoms. The predicted octanol–water partition coefficient (Wildman–Crippen LogP) is 4.47. The Balaban J connectivity index is 1.53. The van der Waals surface area contributed by atoms with E-state index in [2.05, 4.69) is 22.1 Å². The number of H-pyrrole nitrogens is 1. The van der Waals surface area contributed by atoms with Gasteiger partial charge < -0.3 is 19.8 Å². The first kappa shape index (κ1) is 27.7. The van der Waals surface area contributed by atoms with Gasteiger partial charge in [-0.2, -0.15) is 0 Å². The van der Waals surface area contributed by atoms with Crippen LogP contribution in [-0.2, 0) is 32.1 Å². The lowest BCUT2D eigenvalue weighted by molar-refractivity contribution is -0.142. The van der Waals surface area contributed by atoms with Crippen LogP contribution < -0.4 is 10.7 Å². The van der Waals surface area contributed by atoms with Crippen LogP contribution in [0, 0.1) is 11.8 Å². The fraction of sp³-hybridized carbons (Fsp3) is 0.310. The number of aromatic nitrogens is 1. The summed E-state index contributed by atoms with van der Waals surface area (Å²) in [6.45, 7) is 1.85. The molecule has 1 amide bonds. The Morgan fingerprint density at radius 1 is 1.03 bits per heavy atom. The molecule has 0 aliphatic heterocycles. The summed E-state index contributed by atoms with van der Waals surface area (Å²) in [7, 11) is 0. The zero-order chi connectivity index (χ0) is 26.6. The van der Waals surface area contributed by atoms with Gasteiger partial charge in [-0.1, -0.05) is 42.0 Å². The number of nitrogens with one attached hydrogen (secondary N) is 2. The molecule has 2 aromatic carbocycles. The topological polar surface area (TPSA) is 105 Å². The van der Waals surface area contributed by atoms with Crippen LogP contribution in [0.25, 0.3) is 10.9 Å². The van der Waals surface area contributed by atoms with Crippen molar-refractivity contribution in [1.29, 1.82) is 0 Å². The normalized spacial score (nSPS) is 10.4. The van der Waals surface area contributed by atoms with Crippen molar-refractivity contribution in [3.63, 3.8) is 0 Å². The third-order valence-corrected chi connectivity index (χ3v) is 5.91. The molecule has 1 aromatic heterocycles. The number of carbonyl (C=O) groups is 3. The van der Waals surface area contributed by atoms with Crippen LogP contribution in [0.5, 0.6) is 0 Å².